The Bertz CT molecular complexity index is 136. The minimum absolute atomic E-state index is 0.147. The molecule has 0 rings (SSSR count). The van der Waals surface area contributed by atoms with E-state index in [9.17, 15) is 9.59 Å². The predicted octanol–water partition coefficient (Wildman–Crippen LogP) is -0.700. The fourth-order valence-electron chi connectivity index (χ4n) is 0.651. The highest BCUT2D eigenvalue weighted by atomic mass is 16.2. The fourth-order valence-corrected chi connectivity index (χ4v) is 0.651. The van der Waals surface area contributed by atoms with Crippen LogP contribution in [0.15, 0.2) is 0 Å². The van der Waals surface area contributed by atoms with E-state index in [4.69, 9.17) is 0 Å². The highest BCUT2D eigenvalue weighted by Crippen LogP contribution is 1.84. The number of hydrogen-bond acceptors (Lipinski definition) is 3. The van der Waals surface area contributed by atoms with Gasteiger partial charge in [-0.15, -0.1) is 0 Å². The molecule has 1 amide bonds. The Kier molecular flexibility index (Phi) is 5.37. The minimum atomic E-state index is -0.337. The van der Waals surface area contributed by atoms with Crippen LogP contribution in [0.5, 0.6) is 0 Å². The summed E-state index contributed by atoms with van der Waals surface area (Å²) in [5.41, 5.74) is 0. The average molecular weight is 158 g/mol. The maximum Gasteiger partial charge on any atom is 0.234 e. The van der Waals surface area contributed by atoms with Crippen LogP contribution in [0.2, 0.25) is 0 Å². The Labute approximate surface area is 66.4 Å². The number of nitrogens with one attached hydrogen (secondary N) is 2. The Morgan fingerprint density at radius 3 is 2.64 bits per heavy atom. The molecule has 0 aromatic heterocycles. The van der Waals surface area contributed by atoms with E-state index in [-0.39, 0.29) is 18.5 Å². The summed E-state index contributed by atoms with van der Waals surface area (Å²) in [6.45, 7) is 2.10. The number of carbonyl (C=O) groups excluding carboxylic acids is 2. The Balaban J connectivity index is 3.62. The minimum Gasteiger partial charge on any atom is -0.345 e. The van der Waals surface area contributed by atoms with Crippen LogP contribution in [-0.2, 0) is 9.59 Å². The van der Waals surface area contributed by atoms with E-state index in [2.05, 4.69) is 10.6 Å². The van der Waals surface area contributed by atoms with Crippen LogP contribution in [0.1, 0.15) is 13.3 Å². The quantitative estimate of drug-likeness (QED) is 0.520. The first-order valence-corrected chi connectivity index (χ1v) is 3.63. The lowest BCUT2D eigenvalue weighted by Gasteiger charge is -2.08. The third-order valence-corrected chi connectivity index (χ3v) is 1.29. The molecule has 0 aromatic carbocycles. The predicted molar refractivity (Wildman–Crippen MR) is 42.2 cm³/mol. The van der Waals surface area contributed by atoms with Crippen molar-refractivity contribution in [2.75, 3.05) is 13.6 Å². The number of likely N-dealkylation sites (N-methyl/N-ethyl adjacent to an activating group) is 1. The van der Waals surface area contributed by atoms with Crippen molar-refractivity contribution in [2.24, 2.45) is 0 Å². The van der Waals surface area contributed by atoms with Gasteiger partial charge >= 0.3 is 0 Å². The molecule has 0 spiro atoms. The molecule has 0 aliphatic carbocycles. The summed E-state index contributed by atoms with van der Waals surface area (Å²) in [4.78, 5) is 21.1. The van der Waals surface area contributed by atoms with Gasteiger partial charge in [0.05, 0.1) is 12.6 Å². The SMILES string of the molecule is CCC(C=O)NC(=O)CNC. The normalized spacial score (nSPS) is 12.2. The van der Waals surface area contributed by atoms with Gasteiger partial charge in [0.25, 0.3) is 0 Å². The molecular formula is C7H14N2O2. The number of amides is 1. The first kappa shape index (κ1) is 10.1. The molecule has 4 heteroatoms. The topological polar surface area (TPSA) is 58.2 Å². The van der Waals surface area contributed by atoms with Gasteiger partial charge in [0, 0.05) is 0 Å². The van der Waals surface area contributed by atoms with Crippen molar-refractivity contribution in [3.05, 3.63) is 0 Å². The second-order valence-electron chi connectivity index (χ2n) is 2.25. The molecule has 0 bridgehead atoms. The molecule has 64 valence electrons. The summed E-state index contributed by atoms with van der Waals surface area (Å²) < 4.78 is 0. The number of hydrogen-bond donors (Lipinski definition) is 2. The van der Waals surface area contributed by atoms with E-state index in [1.165, 1.54) is 0 Å². The van der Waals surface area contributed by atoms with Gasteiger partial charge in [0.2, 0.25) is 5.91 Å². The molecule has 0 radical (unpaired) electrons. The van der Waals surface area contributed by atoms with Gasteiger partial charge in [-0.25, -0.2) is 0 Å². The molecule has 0 aromatic rings. The third-order valence-electron chi connectivity index (χ3n) is 1.29. The fraction of sp³-hybridized carbons (Fsp3) is 0.714. The van der Waals surface area contributed by atoms with Gasteiger partial charge in [0.15, 0.2) is 0 Å². The molecule has 4 nitrogen and oxygen atoms in total. The Morgan fingerprint density at radius 2 is 2.27 bits per heavy atom. The van der Waals surface area contributed by atoms with Crippen LogP contribution in [0.4, 0.5) is 0 Å². The summed E-state index contributed by atoms with van der Waals surface area (Å²) in [6, 6.07) is -0.337. The van der Waals surface area contributed by atoms with Gasteiger partial charge in [-0.05, 0) is 13.5 Å². The van der Waals surface area contributed by atoms with Gasteiger partial charge in [-0.2, -0.15) is 0 Å². The number of aldehydes is 1. The van der Waals surface area contributed by atoms with Crippen molar-refractivity contribution >= 4 is 12.2 Å². The van der Waals surface area contributed by atoms with E-state index in [1.807, 2.05) is 6.92 Å². The molecule has 2 N–H and O–H groups in total. The molecule has 0 aliphatic heterocycles. The van der Waals surface area contributed by atoms with Crippen LogP contribution >= 0.6 is 0 Å². The van der Waals surface area contributed by atoms with Gasteiger partial charge in [-0.3, -0.25) is 4.79 Å². The highest BCUT2D eigenvalue weighted by molar-refractivity contribution is 5.81. The summed E-state index contributed by atoms with van der Waals surface area (Å²) in [7, 11) is 1.68. The summed E-state index contributed by atoms with van der Waals surface area (Å²) in [5.74, 6) is -0.147. The maximum atomic E-state index is 10.8. The van der Waals surface area contributed by atoms with Crippen molar-refractivity contribution in [3.63, 3.8) is 0 Å². The van der Waals surface area contributed by atoms with E-state index < -0.39 is 0 Å². The van der Waals surface area contributed by atoms with Gasteiger partial charge in [-0.1, -0.05) is 6.92 Å². The molecule has 0 saturated heterocycles. The molecule has 0 fully saturated rings. The first-order chi connectivity index (χ1) is 5.24. The molecule has 1 unspecified atom stereocenters. The van der Waals surface area contributed by atoms with Crippen molar-refractivity contribution in [2.45, 2.75) is 19.4 Å². The van der Waals surface area contributed by atoms with Crippen molar-refractivity contribution in [1.82, 2.24) is 10.6 Å². The van der Waals surface area contributed by atoms with Crippen LogP contribution in [0.3, 0.4) is 0 Å². The maximum absolute atomic E-state index is 10.8. The smallest absolute Gasteiger partial charge is 0.234 e. The van der Waals surface area contributed by atoms with E-state index in [0.717, 1.165) is 6.29 Å². The largest absolute Gasteiger partial charge is 0.345 e. The second kappa shape index (κ2) is 5.85. The Hall–Kier alpha value is -0.900. The lowest BCUT2D eigenvalue weighted by Crippen LogP contribution is -2.40. The van der Waals surface area contributed by atoms with Gasteiger partial charge in [0.1, 0.15) is 6.29 Å². The van der Waals surface area contributed by atoms with E-state index in [1.54, 1.807) is 7.05 Å². The molecular weight excluding hydrogens is 144 g/mol. The zero-order valence-electron chi connectivity index (χ0n) is 6.89. The molecule has 0 heterocycles. The summed E-state index contributed by atoms with van der Waals surface area (Å²) in [5, 5.41) is 5.24. The van der Waals surface area contributed by atoms with E-state index in [0.29, 0.717) is 6.42 Å². The standard InChI is InChI=1S/C7H14N2O2/c1-3-6(5-10)9-7(11)4-8-2/h5-6,8H,3-4H2,1-2H3,(H,9,11). The zero-order valence-corrected chi connectivity index (χ0v) is 6.89. The Morgan fingerprint density at radius 1 is 1.64 bits per heavy atom. The number of rotatable bonds is 5. The zero-order chi connectivity index (χ0) is 8.69. The van der Waals surface area contributed by atoms with Crippen molar-refractivity contribution in [1.29, 1.82) is 0 Å². The lowest BCUT2D eigenvalue weighted by atomic mass is 10.2. The van der Waals surface area contributed by atoms with Crippen LogP contribution in [0, 0.1) is 0 Å². The second-order valence-corrected chi connectivity index (χ2v) is 2.25. The first-order valence-electron chi connectivity index (χ1n) is 3.63. The summed E-state index contributed by atoms with van der Waals surface area (Å²) >= 11 is 0. The van der Waals surface area contributed by atoms with Crippen molar-refractivity contribution in [3.8, 4) is 0 Å². The monoisotopic (exact) mass is 158 g/mol. The van der Waals surface area contributed by atoms with Crippen LogP contribution in [-0.4, -0.2) is 31.8 Å². The van der Waals surface area contributed by atoms with Crippen LogP contribution < -0.4 is 10.6 Å². The third kappa shape index (κ3) is 4.50. The van der Waals surface area contributed by atoms with Gasteiger partial charge < -0.3 is 15.4 Å². The molecule has 0 aliphatic rings. The highest BCUT2D eigenvalue weighted by Gasteiger charge is 2.06. The number of carbonyl (C=O) groups is 2. The van der Waals surface area contributed by atoms with E-state index >= 15 is 0 Å². The lowest BCUT2D eigenvalue weighted by molar-refractivity contribution is -0.123. The molecule has 1 atom stereocenters. The average Bonchev–Trinajstić information content (AvgIpc) is 2.01. The van der Waals surface area contributed by atoms with Crippen molar-refractivity contribution < 1.29 is 9.59 Å². The summed E-state index contributed by atoms with van der Waals surface area (Å²) in [6.07, 6.45) is 1.38. The molecule has 11 heavy (non-hydrogen) atoms. The van der Waals surface area contributed by atoms with Crippen LogP contribution in [0.25, 0.3) is 0 Å². The molecule has 0 saturated carbocycles.